The lowest BCUT2D eigenvalue weighted by molar-refractivity contribution is -0.118. The zero-order chi connectivity index (χ0) is 13.8. The van der Waals surface area contributed by atoms with Crippen LogP contribution < -0.4 is 5.32 Å². The summed E-state index contributed by atoms with van der Waals surface area (Å²) in [5.41, 5.74) is 0.580. The second-order valence-corrected chi connectivity index (χ2v) is 4.04. The molecular weight excluding hydrogens is 246 g/mol. The molecule has 0 aliphatic rings. The van der Waals surface area contributed by atoms with Crippen molar-refractivity contribution >= 4 is 22.8 Å². The Bertz CT molecular complexity index is 640. The van der Waals surface area contributed by atoms with E-state index in [0.717, 1.165) is 0 Å². The molecule has 2 aromatic rings. The average molecular weight is 259 g/mol. The van der Waals surface area contributed by atoms with Crippen molar-refractivity contribution in [2.75, 3.05) is 6.54 Å². The van der Waals surface area contributed by atoms with E-state index in [-0.39, 0.29) is 11.6 Å². The van der Waals surface area contributed by atoms with Crippen molar-refractivity contribution in [3.8, 4) is 0 Å². The van der Waals surface area contributed by atoms with Crippen LogP contribution >= 0.6 is 0 Å². The summed E-state index contributed by atoms with van der Waals surface area (Å²) in [6, 6.07) is 6.95. The van der Waals surface area contributed by atoms with Crippen molar-refractivity contribution in [3.63, 3.8) is 0 Å². The SMILES string of the molecule is CC(=O)NCCc1nc(C(=O)O)c2ccccc2n1. The number of nitrogens with zero attached hydrogens (tertiary/aromatic N) is 2. The molecule has 98 valence electrons. The van der Waals surface area contributed by atoms with E-state index in [9.17, 15) is 9.59 Å². The van der Waals surface area contributed by atoms with Gasteiger partial charge in [0.2, 0.25) is 5.91 Å². The quantitative estimate of drug-likeness (QED) is 0.854. The second kappa shape index (κ2) is 5.43. The fraction of sp³-hybridized carbons (Fsp3) is 0.231. The molecule has 0 saturated carbocycles. The first-order valence-corrected chi connectivity index (χ1v) is 5.81. The van der Waals surface area contributed by atoms with Crippen LogP contribution in [0.1, 0.15) is 23.2 Å². The number of benzene rings is 1. The van der Waals surface area contributed by atoms with Crippen molar-refractivity contribution < 1.29 is 14.7 Å². The lowest BCUT2D eigenvalue weighted by Crippen LogP contribution is -2.23. The summed E-state index contributed by atoms with van der Waals surface area (Å²) in [5.74, 6) is -0.816. The Hall–Kier alpha value is -2.50. The van der Waals surface area contributed by atoms with Crippen molar-refractivity contribution in [1.82, 2.24) is 15.3 Å². The lowest BCUT2D eigenvalue weighted by Gasteiger charge is -2.06. The molecule has 1 aromatic heterocycles. The number of aromatic carboxylic acids is 1. The summed E-state index contributed by atoms with van der Waals surface area (Å²) >= 11 is 0. The van der Waals surface area contributed by atoms with Crippen LogP contribution in [0, 0.1) is 0 Å². The average Bonchev–Trinajstić information content (AvgIpc) is 2.37. The Morgan fingerprint density at radius 1 is 1.26 bits per heavy atom. The number of carbonyl (C=O) groups excluding carboxylic acids is 1. The Labute approximate surface area is 109 Å². The lowest BCUT2D eigenvalue weighted by atomic mass is 10.2. The molecule has 0 bridgehead atoms. The number of carbonyl (C=O) groups is 2. The van der Waals surface area contributed by atoms with Gasteiger partial charge in [-0.2, -0.15) is 0 Å². The maximum atomic E-state index is 11.2. The number of carboxylic acids is 1. The summed E-state index contributed by atoms with van der Waals surface area (Å²) in [6.45, 7) is 1.80. The fourth-order valence-corrected chi connectivity index (χ4v) is 1.75. The molecule has 6 nitrogen and oxygen atoms in total. The molecule has 0 aliphatic heterocycles. The van der Waals surface area contributed by atoms with Crippen LogP contribution in [0.25, 0.3) is 10.9 Å². The topological polar surface area (TPSA) is 92.2 Å². The molecule has 0 atom stereocenters. The Balaban J connectivity index is 2.35. The number of rotatable bonds is 4. The number of fused-ring (bicyclic) bond motifs is 1. The normalized spacial score (nSPS) is 10.4. The number of aromatic nitrogens is 2. The molecule has 0 radical (unpaired) electrons. The molecule has 2 N–H and O–H groups in total. The van der Waals surface area contributed by atoms with Gasteiger partial charge in [0.15, 0.2) is 5.69 Å². The molecule has 1 aromatic carbocycles. The highest BCUT2D eigenvalue weighted by atomic mass is 16.4. The van der Waals surface area contributed by atoms with Crippen molar-refractivity contribution in [2.24, 2.45) is 0 Å². The van der Waals surface area contributed by atoms with Gasteiger partial charge in [-0.1, -0.05) is 18.2 Å². The molecule has 0 fully saturated rings. The molecule has 6 heteroatoms. The number of hydrogen-bond acceptors (Lipinski definition) is 4. The molecule has 0 unspecified atom stereocenters. The summed E-state index contributed by atoms with van der Waals surface area (Å²) in [5, 5.41) is 12.3. The maximum absolute atomic E-state index is 11.2. The summed E-state index contributed by atoms with van der Waals surface area (Å²) in [7, 11) is 0. The van der Waals surface area contributed by atoms with Crippen LogP contribution in [0.15, 0.2) is 24.3 Å². The zero-order valence-electron chi connectivity index (χ0n) is 10.4. The summed E-state index contributed by atoms with van der Waals surface area (Å²) < 4.78 is 0. The van der Waals surface area contributed by atoms with Crippen molar-refractivity contribution in [1.29, 1.82) is 0 Å². The number of para-hydroxylation sites is 1. The van der Waals surface area contributed by atoms with Crippen LogP contribution in [0.2, 0.25) is 0 Å². The first kappa shape index (κ1) is 12.9. The molecule has 0 aliphatic carbocycles. The number of hydrogen-bond donors (Lipinski definition) is 2. The van der Waals surface area contributed by atoms with Gasteiger partial charge in [0, 0.05) is 25.3 Å². The van der Waals surface area contributed by atoms with Gasteiger partial charge in [-0.25, -0.2) is 14.8 Å². The van der Waals surface area contributed by atoms with Crippen molar-refractivity contribution in [3.05, 3.63) is 35.8 Å². The molecule has 0 saturated heterocycles. The van der Waals surface area contributed by atoms with Crippen LogP contribution in [0.4, 0.5) is 0 Å². The molecule has 19 heavy (non-hydrogen) atoms. The highest BCUT2D eigenvalue weighted by Gasteiger charge is 2.13. The molecular formula is C13H13N3O3. The van der Waals surface area contributed by atoms with Gasteiger partial charge in [-0.3, -0.25) is 4.79 Å². The number of carboxylic acid groups (broad SMARTS) is 1. The highest BCUT2D eigenvalue weighted by Crippen LogP contribution is 2.15. The Kier molecular flexibility index (Phi) is 3.70. The fourth-order valence-electron chi connectivity index (χ4n) is 1.75. The third-order valence-electron chi connectivity index (χ3n) is 2.57. The van der Waals surface area contributed by atoms with Crippen molar-refractivity contribution in [2.45, 2.75) is 13.3 Å². The van der Waals surface area contributed by atoms with Gasteiger partial charge in [0.1, 0.15) is 5.82 Å². The highest BCUT2D eigenvalue weighted by molar-refractivity contribution is 6.00. The number of amides is 1. The predicted molar refractivity (Wildman–Crippen MR) is 68.9 cm³/mol. The van der Waals surface area contributed by atoms with Crippen LogP contribution in [0.3, 0.4) is 0 Å². The Morgan fingerprint density at radius 2 is 2.00 bits per heavy atom. The maximum Gasteiger partial charge on any atom is 0.355 e. The van der Waals surface area contributed by atoms with E-state index in [0.29, 0.717) is 29.7 Å². The van der Waals surface area contributed by atoms with Crippen LogP contribution in [-0.4, -0.2) is 33.5 Å². The van der Waals surface area contributed by atoms with E-state index in [1.807, 2.05) is 0 Å². The zero-order valence-corrected chi connectivity index (χ0v) is 10.4. The van der Waals surface area contributed by atoms with E-state index in [4.69, 9.17) is 5.11 Å². The first-order chi connectivity index (χ1) is 9.08. The van der Waals surface area contributed by atoms with E-state index in [1.165, 1.54) is 6.92 Å². The van der Waals surface area contributed by atoms with Gasteiger partial charge in [-0.15, -0.1) is 0 Å². The second-order valence-electron chi connectivity index (χ2n) is 4.04. The van der Waals surface area contributed by atoms with E-state index in [2.05, 4.69) is 15.3 Å². The van der Waals surface area contributed by atoms with Gasteiger partial charge in [0.05, 0.1) is 5.52 Å². The standard InChI is InChI=1S/C13H13N3O3/c1-8(17)14-7-6-11-15-10-5-3-2-4-9(10)12(16-11)13(18)19/h2-5H,6-7H2,1H3,(H,14,17)(H,18,19). The van der Waals surface area contributed by atoms with Gasteiger partial charge in [-0.05, 0) is 6.07 Å². The monoisotopic (exact) mass is 259 g/mol. The molecule has 0 spiro atoms. The summed E-state index contributed by atoms with van der Waals surface area (Å²) in [4.78, 5) is 30.3. The minimum Gasteiger partial charge on any atom is -0.476 e. The molecule has 2 rings (SSSR count). The summed E-state index contributed by atoms with van der Waals surface area (Å²) in [6.07, 6.45) is 0.394. The minimum atomic E-state index is -1.08. The predicted octanol–water partition coefficient (Wildman–Crippen LogP) is 1.01. The number of nitrogens with one attached hydrogen (secondary N) is 1. The minimum absolute atomic E-state index is 0.0107. The third-order valence-corrected chi connectivity index (χ3v) is 2.57. The van der Waals surface area contributed by atoms with E-state index < -0.39 is 5.97 Å². The smallest absolute Gasteiger partial charge is 0.355 e. The van der Waals surface area contributed by atoms with Crippen LogP contribution in [0.5, 0.6) is 0 Å². The largest absolute Gasteiger partial charge is 0.476 e. The van der Waals surface area contributed by atoms with E-state index in [1.54, 1.807) is 24.3 Å². The van der Waals surface area contributed by atoms with Crippen LogP contribution in [-0.2, 0) is 11.2 Å². The molecule has 1 amide bonds. The third kappa shape index (κ3) is 3.04. The molecule has 1 heterocycles. The van der Waals surface area contributed by atoms with Gasteiger partial charge >= 0.3 is 5.97 Å². The first-order valence-electron chi connectivity index (χ1n) is 5.81. The Morgan fingerprint density at radius 3 is 2.68 bits per heavy atom. The van der Waals surface area contributed by atoms with Gasteiger partial charge < -0.3 is 10.4 Å². The van der Waals surface area contributed by atoms with E-state index >= 15 is 0 Å². The van der Waals surface area contributed by atoms with Gasteiger partial charge in [0.25, 0.3) is 0 Å².